The van der Waals surface area contributed by atoms with Gasteiger partial charge in [-0.3, -0.25) is 10.1 Å². The summed E-state index contributed by atoms with van der Waals surface area (Å²) in [6.07, 6.45) is 1.66. The van der Waals surface area contributed by atoms with Crippen LogP contribution in [0.2, 0.25) is 0 Å². The number of aromatic nitrogens is 1. The molecule has 22 heavy (non-hydrogen) atoms. The highest BCUT2D eigenvalue weighted by atomic mass is 32.2. The van der Waals surface area contributed by atoms with Gasteiger partial charge in [0, 0.05) is 30.1 Å². The van der Waals surface area contributed by atoms with Crippen LogP contribution in [0.1, 0.15) is 16.8 Å². The summed E-state index contributed by atoms with van der Waals surface area (Å²) in [5.41, 5.74) is 0.325. The molecule has 0 saturated carbocycles. The van der Waals surface area contributed by atoms with E-state index in [1.54, 1.807) is 11.6 Å². The maximum atomic E-state index is 11.9. The van der Waals surface area contributed by atoms with Gasteiger partial charge in [-0.1, -0.05) is 0 Å². The molecule has 0 bridgehead atoms. The summed E-state index contributed by atoms with van der Waals surface area (Å²) in [6, 6.07) is 7.37. The lowest BCUT2D eigenvalue weighted by atomic mass is 10.2. The third kappa shape index (κ3) is 4.11. The Morgan fingerprint density at radius 2 is 2.05 bits per heavy atom. The van der Waals surface area contributed by atoms with Gasteiger partial charge in [0.05, 0.1) is 11.0 Å². The van der Waals surface area contributed by atoms with Crippen molar-refractivity contribution in [2.75, 3.05) is 11.9 Å². The summed E-state index contributed by atoms with van der Waals surface area (Å²) >= 11 is 1.29. The highest BCUT2D eigenvalue weighted by molar-refractivity contribution is 7.89. The molecule has 2 aromatic rings. The summed E-state index contributed by atoms with van der Waals surface area (Å²) in [4.78, 5) is 15.9. The van der Waals surface area contributed by atoms with Crippen LogP contribution in [-0.2, 0) is 10.0 Å². The molecule has 9 heteroatoms. The summed E-state index contributed by atoms with van der Waals surface area (Å²) in [5, 5.41) is 13.2. The molecule has 1 heterocycles. The van der Waals surface area contributed by atoms with Gasteiger partial charge < -0.3 is 0 Å². The van der Waals surface area contributed by atoms with Crippen LogP contribution in [0.25, 0.3) is 0 Å². The fraction of sp³-hybridized carbons (Fsp3) is 0.154. The largest absolute Gasteiger partial charge is 0.298 e. The zero-order valence-corrected chi connectivity index (χ0v) is 12.9. The zero-order valence-electron chi connectivity index (χ0n) is 11.3. The lowest BCUT2D eigenvalue weighted by molar-refractivity contribution is 0.102. The van der Waals surface area contributed by atoms with Gasteiger partial charge in [-0.15, -0.1) is 11.3 Å². The Labute approximate surface area is 131 Å². The SMILES string of the molecule is N#CCCNS(=O)(=O)c1ccc(C(=O)Nc2nccs2)cc1. The second-order valence-electron chi connectivity index (χ2n) is 4.12. The number of nitrogens with zero attached hydrogens (tertiary/aromatic N) is 2. The highest BCUT2D eigenvalue weighted by Crippen LogP contribution is 2.14. The van der Waals surface area contributed by atoms with Crippen LogP contribution in [-0.4, -0.2) is 25.9 Å². The number of nitriles is 1. The van der Waals surface area contributed by atoms with Crippen LogP contribution in [0.4, 0.5) is 5.13 Å². The van der Waals surface area contributed by atoms with Gasteiger partial charge in [0.15, 0.2) is 5.13 Å². The number of benzene rings is 1. The second-order valence-corrected chi connectivity index (χ2v) is 6.78. The van der Waals surface area contributed by atoms with E-state index in [0.717, 1.165) is 0 Å². The number of sulfonamides is 1. The molecule has 1 aromatic heterocycles. The van der Waals surface area contributed by atoms with Gasteiger partial charge in [0.2, 0.25) is 10.0 Å². The van der Waals surface area contributed by atoms with Crippen molar-refractivity contribution in [2.24, 2.45) is 0 Å². The standard InChI is InChI=1S/C13H12N4O3S2/c14-6-1-7-16-22(19,20)11-4-2-10(3-5-11)12(18)17-13-15-8-9-21-13/h2-5,8-9,16H,1,7H2,(H,15,17,18). The molecule has 1 amide bonds. The quantitative estimate of drug-likeness (QED) is 0.778. The molecular weight excluding hydrogens is 324 g/mol. The molecule has 0 fully saturated rings. The molecule has 0 radical (unpaired) electrons. The Kier molecular flexibility index (Phi) is 5.21. The number of hydrogen-bond donors (Lipinski definition) is 2. The van der Waals surface area contributed by atoms with Crippen LogP contribution >= 0.6 is 11.3 Å². The van der Waals surface area contributed by atoms with Crippen molar-refractivity contribution in [3.63, 3.8) is 0 Å². The van der Waals surface area contributed by atoms with Crippen LogP contribution in [0.3, 0.4) is 0 Å². The number of amides is 1. The molecular formula is C13H12N4O3S2. The number of rotatable bonds is 6. The van der Waals surface area contributed by atoms with Gasteiger partial charge in [0.25, 0.3) is 5.91 Å². The van der Waals surface area contributed by atoms with E-state index in [4.69, 9.17) is 5.26 Å². The van der Waals surface area contributed by atoms with Crippen molar-refractivity contribution >= 4 is 32.4 Å². The molecule has 0 spiro atoms. The number of thiazole rings is 1. The van der Waals surface area contributed by atoms with E-state index in [1.807, 2.05) is 6.07 Å². The minimum Gasteiger partial charge on any atom is -0.298 e. The van der Waals surface area contributed by atoms with E-state index < -0.39 is 10.0 Å². The third-order valence-electron chi connectivity index (χ3n) is 2.61. The van der Waals surface area contributed by atoms with Crippen molar-refractivity contribution in [3.05, 3.63) is 41.4 Å². The fourth-order valence-electron chi connectivity index (χ4n) is 1.56. The number of anilines is 1. The first-order valence-corrected chi connectivity index (χ1v) is 8.57. The normalized spacial score (nSPS) is 10.9. The fourth-order valence-corrected chi connectivity index (χ4v) is 3.12. The van der Waals surface area contributed by atoms with Gasteiger partial charge in [-0.2, -0.15) is 5.26 Å². The Hall–Kier alpha value is -2.28. The van der Waals surface area contributed by atoms with Crippen molar-refractivity contribution < 1.29 is 13.2 Å². The molecule has 2 N–H and O–H groups in total. The number of carbonyl (C=O) groups excluding carboxylic acids is 1. The molecule has 114 valence electrons. The predicted octanol–water partition coefficient (Wildman–Crippen LogP) is 1.59. The zero-order chi connectivity index (χ0) is 16.0. The van der Waals surface area contributed by atoms with E-state index >= 15 is 0 Å². The summed E-state index contributed by atoms with van der Waals surface area (Å²) in [5.74, 6) is -0.365. The molecule has 0 aliphatic heterocycles. The maximum Gasteiger partial charge on any atom is 0.257 e. The van der Waals surface area contributed by atoms with E-state index in [0.29, 0.717) is 10.7 Å². The lowest BCUT2D eigenvalue weighted by Gasteiger charge is -2.06. The predicted molar refractivity (Wildman–Crippen MR) is 81.9 cm³/mol. The number of carbonyl (C=O) groups is 1. The topological polar surface area (TPSA) is 112 Å². The molecule has 0 atom stereocenters. The Morgan fingerprint density at radius 3 is 2.64 bits per heavy atom. The van der Waals surface area contributed by atoms with Crippen LogP contribution < -0.4 is 10.0 Å². The molecule has 0 unspecified atom stereocenters. The van der Waals surface area contributed by atoms with Crippen molar-refractivity contribution in [3.8, 4) is 6.07 Å². The van der Waals surface area contributed by atoms with Crippen LogP contribution in [0.5, 0.6) is 0 Å². The molecule has 0 aliphatic rings. The van der Waals surface area contributed by atoms with Crippen molar-refractivity contribution in [1.29, 1.82) is 5.26 Å². The number of nitrogens with one attached hydrogen (secondary N) is 2. The summed E-state index contributed by atoms with van der Waals surface area (Å²) in [6.45, 7) is 0.0467. The lowest BCUT2D eigenvalue weighted by Crippen LogP contribution is -2.24. The molecule has 0 aliphatic carbocycles. The monoisotopic (exact) mass is 336 g/mol. The van der Waals surface area contributed by atoms with E-state index in [-0.39, 0.29) is 23.8 Å². The highest BCUT2D eigenvalue weighted by Gasteiger charge is 2.14. The average molecular weight is 336 g/mol. The van der Waals surface area contributed by atoms with Gasteiger partial charge in [-0.25, -0.2) is 18.1 Å². The molecule has 7 nitrogen and oxygen atoms in total. The van der Waals surface area contributed by atoms with Gasteiger partial charge >= 0.3 is 0 Å². The summed E-state index contributed by atoms with van der Waals surface area (Å²) in [7, 11) is -3.67. The molecule has 2 rings (SSSR count). The van der Waals surface area contributed by atoms with E-state index in [1.165, 1.54) is 35.6 Å². The Balaban J connectivity index is 2.06. The first kappa shape index (κ1) is 16.1. The first-order valence-electron chi connectivity index (χ1n) is 6.20. The van der Waals surface area contributed by atoms with Gasteiger partial charge in [0.1, 0.15) is 0 Å². The molecule has 1 aromatic carbocycles. The van der Waals surface area contributed by atoms with Gasteiger partial charge in [-0.05, 0) is 24.3 Å². The third-order valence-corrected chi connectivity index (χ3v) is 4.77. The summed E-state index contributed by atoms with van der Waals surface area (Å²) < 4.78 is 26.1. The van der Waals surface area contributed by atoms with E-state index in [2.05, 4.69) is 15.0 Å². The number of hydrogen-bond acceptors (Lipinski definition) is 6. The smallest absolute Gasteiger partial charge is 0.257 e. The van der Waals surface area contributed by atoms with Crippen molar-refractivity contribution in [2.45, 2.75) is 11.3 Å². The van der Waals surface area contributed by atoms with Crippen LogP contribution in [0, 0.1) is 11.3 Å². The second kappa shape index (κ2) is 7.13. The minimum atomic E-state index is -3.67. The van der Waals surface area contributed by atoms with Crippen LogP contribution in [0.15, 0.2) is 40.7 Å². The van der Waals surface area contributed by atoms with E-state index in [9.17, 15) is 13.2 Å². The molecule has 0 saturated heterocycles. The first-order chi connectivity index (χ1) is 10.5. The Bertz CT molecular complexity index is 778. The van der Waals surface area contributed by atoms with Crippen molar-refractivity contribution in [1.82, 2.24) is 9.71 Å². The Morgan fingerprint density at radius 1 is 1.32 bits per heavy atom. The maximum absolute atomic E-state index is 11.9. The average Bonchev–Trinajstić information content (AvgIpc) is 3.00. The minimum absolute atomic E-state index is 0.0382.